The molecule has 0 heterocycles. The summed E-state index contributed by atoms with van der Waals surface area (Å²) in [5, 5.41) is 0. The zero-order valence-electron chi connectivity index (χ0n) is 27.0. The lowest BCUT2D eigenvalue weighted by Gasteiger charge is -2.04. The molecule has 0 unspecified atom stereocenters. The summed E-state index contributed by atoms with van der Waals surface area (Å²) >= 11 is 0. The van der Waals surface area contributed by atoms with Crippen LogP contribution in [0.5, 0.6) is 0 Å². The number of hydrogen-bond donors (Lipinski definition) is 0. The first kappa shape index (κ1) is 35.5. The highest BCUT2D eigenvalue weighted by Gasteiger charge is 1.97. The zero-order chi connectivity index (χ0) is 29.6. The van der Waals surface area contributed by atoms with Crippen molar-refractivity contribution in [3.8, 4) is 11.8 Å². The van der Waals surface area contributed by atoms with Crippen molar-refractivity contribution >= 4 is 23.3 Å². The molecule has 2 aromatic rings. The zero-order valence-corrected chi connectivity index (χ0v) is 27.0. The van der Waals surface area contributed by atoms with Crippen LogP contribution >= 0.6 is 0 Å². The molecule has 2 heteroatoms. The lowest BCUT2D eigenvalue weighted by molar-refractivity contribution is 0.519. The van der Waals surface area contributed by atoms with Crippen LogP contribution in [-0.4, -0.2) is 11.9 Å². The van der Waals surface area contributed by atoms with Gasteiger partial charge < -0.3 is 0 Å². The van der Waals surface area contributed by atoms with Gasteiger partial charge in [0.1, 0.15) is 5.71 Å². The maximum atomic E-state index is 4.70. The number of para-hydroxylation sites is 2. The molecular formula is C40H60N2. The molecule has 0 N–H and O–H groups in total. The third-order valence-corrected chi connectivity index (χ3v) is 7.97. The third-order valence-electron chi connectivity index (χ3n) is 7.97. The van der Waals surface area contributed by atoms with Crippen molar-refractivity contribution in [2.45, 2.75) is 155 Å². The van der Waals surface area contributed by atoms with E-state index in [2.05, 4.69) is 23.8 Å². The molecule has 0 amide bonds. The monoisotopic (exact) mass is 568 g/mol. The van der Waals surface area contributed by atoms with Crippen LogP contribution in [0.3, 0.4) is 0 Å². The maximum absolute atomic E-state index is 4.70. The number of unbranched alkanes of at least 4 members (excludes halogenated alkanes) is 22. The molecular weight excluding hydrogens is 508 g/mol. The summed E-state index contributed by atoms with van der Waals surface area (Å²) in [6.45, 7) is 2.30. The van der Waals surface area contributed by atoms with E-state index in [0.29, 0.717) is 5.71 Å². The molecule has 42 heavy (non-hydrogen) atoms. The molecule has 2 aromatic carbocycles. The van der Waals surface area contributed by atoms with Crippen molar-refractivity contribution in [3.05, 3.63) is 60.7 Å². The summed E-state index contributed by atoms with van der Waals surface area (Å²) in [6.07, 6.45) is 33.9. The summed E-state index contributed by atoms with van der Waals surface area (Å²) in [5.41, 5.74) is 2.54. The average Bonchev–Trinajstić information content (AvgIpc) is 3.02. The Morgan fingerprint density at radius 3 is 1.31 bits per heavy atom. The summed E-state index contributed by atoms with van der Waals surface area (Å²) in [5.74, 6) is 6.59. The van der Waals surface area contributed by atoms with Gasteiger partial charge in [-0.25, -0.2) is 4.99 Å². The van der Waals surface area contributed by atoms with Crippen LogP contribution < -0.4 is 0 Å². The van der Waals surface area contributed by atoms with Gasteiger partial charge in [-0.3, -0.25) is 4.99 Å². The SMILES string of the molecule is CCCCCCCCCCCCCCCCCCCCCCCCC#CC(C=Nc1ccccc1)=Nc1ccccc1. The van der Waals surface area contributed by atoms with E-state index < -0.39 is 0 Å². The van der Waals surface area contributed by atoms with E-state index >= 15 is 0 Å². The molecule has 230 valence electrons. The van der Waals surface area contributed by atoms with Crippen molar-refractivity contribution < 1.29 is 0 Å². The van der Waals surface area contributed by atoms with Gasteiger partial charge in [-0.2, -0.15) is 0 Å². The number of nitrogens with zero attached hydrogens (tertiary/aromatic N) is 2. The molecule has 0 aliphatic rings. The smallest absolute Gasteiger partial charge is 0.132 e. The van der Waals surface area contributed by atoms with Crippen molar-refractivity contribution in [2.24, 2.45) is 9.98 Å². The number of aliphatic imine (C=N–C) groups is 2. The Labute approximate surface area is 259 Å². The minimum Gasteiger partial charge on any atom is -0.254 e. The van der Waals surface area contributed by atoms with Gasteiger partial charge in [0, 0.05) is 6.42 Å². The quantitative estimate of drug-likeness (QED) is 0.0646. The van der Waals surface area contributed by atoms with Crippen molar-refractivity contribution in [1.29, 1.82) is 0 Å². The molecule has 0 aromatic heterocycles. The van der Waals surface area contributed by atoms with E-state index in [-0.39, 0.29) is 0 Å². The largest absolute Gasteiger partial charge is 0.254 e. The summed E-state index contributed by atoms with van der Waals surface area (Å²) < 4.78 is 0. The van der Waals surface area contributed by atoms with E-state index in [4.69, 9.17) is 4.99 Å². The second kappa shape index (κ2) is 27.2. The molecule has 0 aliphatic carbocycles. The first-order valence-corrected chi connectivity index (χ1v) is 17.6. The molecule has 2 nitrogen and oxygen atoms in total. The van der Waals surface area contributed by atoms with Gasteiger partial charge in [-0.15, -0.1) is 0 Å². The Morgan fingerprint density at radius 2 is 0.881 bits per heavy atom. The maximum Gasteiger partial charge on any atom is 0.132 e. The van der Waals surface area contributed by atoms with Crippen LogP contribution in [0, 0.1) is 11.8 Å². The van der Waals surface area contributed by atoms with Crippen LogP contribution in [0.4, 0.5) is 11.4 Å². The highest BCUT2D eigenvalue weighted by molar-refractivity contribution is 6.39. The topological polar surface area (TPSA) is 24.7 Å². The van der Waals surface area contributed by atoms with Crippen LogP contribution in [0.2, 0.25) is 0 Å². The predicted molar refractivity (Wildman–Crippen MR) is 188 cm³/mol. The molecule has 0 aliphatic heterocycles. The van der Waals surface area contributed by atoms with Gasteiger partial charge in [0.25, 0.3) is 0 Å². The molecule has 0 saturated heterocycles. The fourth-order valence-corrected chi connectivity index (χ4v) is 5.36. The summed E-state index contributed by atoms with van der Waals surface area (Å²) in [7, 11) is 0. The lowest BCUT2D eigenvalue weighted by atomic mass is 10.0. The summed E-state index contributed by atoms with van der Waals surface area (Å²) in [6, 6.07) is 20.0. The van der Waals surface area contributed by atoms with Gasteiger partial charge in [0.05, 0.1) is 17.6 Å². The average molecular weight is 569 g/mol. The molecule has 0 atom stereocenters. The molecule has 0 saturated carbocycles. The third kappa shape index (κ3) is 21.1. The van der Waals surface area contributed by atoms with Crippen LogP contribution in [-0.2, 0) is 0 Å². The molecule has 0 bridgehead atoms. The Hall–Kier alpha value is -2.66. The Kier molecular flexibility index (Phi) is 23.0. The van der Waals surface area contributed by atoms with E-state index in [1.54, 1.807) is 6.21 Å². The van der Waals surface area contributed by atoms with E-state index in [9.17, 15) is 0 Å². The number of benzene rings is 2. The predicted octanol–water partition coefficient (Wildman–Crippen LogP) is 13.2. The molecule has 0 spiro atoms. The molecule has 0 radical (unpaired) electrons. The Bertz CT molecular complexity index is 981. The Balaban J connectivity index is 1.41. The molecule has 0 fully saturated rings. The second-order valence-corrected chi connectivity index (χ2v) is 11.9. The van der Waals surface area contributed by atoms with E-state index in [1.807, 2.05) is 60.7 Å². The van der Waals surface area contributed by atoms with Crippen molar-refractivity contribution in [2.75, 3.05) is 0 Å². The fraction of sp³-hybridized carbons (Fsp3) is 0.600. The first-order chi connectivity index (χ1) is 20.9. The Morgan fingerprint density at radius 1 is 0.500 bits per heavy atom. The van der Waals surface area contributed by atoms with Gasteiger partial charge in [0.15, 0.2) is 0 Å². The van der Waals surface area contributed by atoms with Crippen molar-refractivity contribution in [1.82, 2.24) is 0 Å². The van der Waals surface area contributed by atoms with Crippen LogP contribution in [0.1, 0.15) is 155 Å². The lowest BCUT2D eigenvalue weighted by Crippen LogP contribution is -1.95. The van der Waals surface area contributed by atoms with E-state index in [0.717, 1.165) is 17.8 Å². The summed E-state index contributed by atoms with van der Waals surface area (Å²) in [4.78, 5) is 9.25. The first-order valence-electron chi connectivity index (χ1n) is 17.6. The highest BCUT2D eigenvalue weighted by Crippen LogP contribution is 2.16. The standard InChI is InChI=1S/C40H60N2/c1-2-3-4-5-6-7-8-9-10-11-12-13-14-15-16-17-18-19-20-21-22-23-24-27-36-40(42-39-34-30-26-31-35-39)37-41-38-32-28-25-29-33-38/h25-26,28-35,37H,2-24H2,1H3. The van der Waals surface area contributed by atoms with Gasteiger partial charge in [-0.1, -0.05) is 184 Å². The normalized spacial score (nSPS) is 11.6. The van der Waals surface area contributed by atoms with Gasteiger partial charge >= 0.3 is 0 Å². The van der Waals surface area contributed by atoms with Gasteiger partial charge in [0.2, 0.25) is 0 Å². The van der Waals surface area contributed by atoms with Crippen molar-refractivity contribution in [3.63, 3.8) is 0 Å². The van der Waals surface area contributed by atoms with Crippen LogP contribution in [0.15, 0.2) is 70.6 Å². The fourth-order valence-electron chi connectivity index (χ4n) is 5.36. The molecule has 2 rings (SSSR count). The second-order valence-electron chi connectivity index (χ2n) is 11.9. The minimum absolute atomic E-state index is 0.712. The highest BCUT2D eigenvalue weighted by atomic mass is 14.8. The number of hydrogen-bond acceptors (Lipinski definition) is 2. The minimum atomic E-state index is 0.712. The van der Waals surface area contributed by atoms with Crippen LogP contribution in [0.25, 0.3) is 0 Å². The van der Waals surface area contributed by atoms with E-state index in [1.165, 1.54) is 141 Å². The number of rotatable bonds is 25. The van der Waals surface area contributed by atoms with Gasteiger partial charge in [-0.05, 0) is 36.6 Å².